The van der Waals surface area contributed by atoms with Crippen molar-refractivity contribution in [3.8, 4) is 16.9 Å². The van der Waals surface area contributed by atoms with Gasteiger partial charge in [-0.3, -0.25) is 4.79 Å². The normalized spacial score (nSPS) is 12.4. The Morgan fingerprint density at radius 2 is 1.65 bits per heavy atom. The maximum absolute atomic E-state index is 13.3. The summed E-state index contributed by atoms with van der Waals surface area (Å²) in [5.74, 6) is 0.460. The summed E-state index contributed by atoms with van der Waals surface area (Å²) in [5.41, 5.74) is 6.62. The predicted octanol–water partition coefficient (Wildman–Crippen LogP) is 5.43. The first-order valence-electron chi connectivity index (χ1n) is 11.3. The summed E-state index contributed by atoms with van der Waals surface area (Å²) in [7, 11) is 0. The molecule has 0 saturated carbocycles. The van der Waals surface area contributed by atoms with Crippen LogP contribution in [0.5, 0.6) is 0 Å². The van der Waals surface area contributed by atoms with Gasteiger partial charge in [0.2, 0.25) is 0 Å². The molecule has 0 unspecified atom stereocenters. The summed E-state index contributed by atoms with van der Waals surface area (Å²) in [6, 6.07) is 26.3. The lowest BCUT2D eigenvalue weighted by atomic mass is 10.00. The van der Waals surface area contributed by atoms with Crippen molar-refractivity contribution in [1.82, 2.24) is 19.2 Å². The number of thiazole rings is 1. The zero-order chi connectivity index (χ0) is 23.2. The van der Waals surface area contributed by atoms with Crippen LogP contribution in [0.3, 0.4) is 0 Å². The minimum absolute atomic E-state index is 0.0535. The average molecular weight is 463 g/mol. The van der Waals surface area contributed by atoms with E-state index in [0.29, 0.717) is 15.4 Å². The zero-order valence-corrected chi connectivity index (χ0v) is 19.7. The lowest BCUT2D eigenvalue weighted by molar-refractivity contribution is 0.866. The first kappa shape index (κ1) is 20.6. The molecule has 0 aliphatic rings. The molecule has 6 rings (SSSR count). The van der Waals surface area contributed by atoms with Crippen molar-refractivity contribution >= 4 is 33.4 Å². The largest absolute Gasteiger partial charge is 0.274 e. The van der Waals surface area contributed by atoms with Crippen LogP contribution in [-0.2, 0) is 0 Å². The summed E-state index contributed by atoms with van der Waals surface area (Å²) in [6.07, 6.45) is 3.93. The molecule has 0 N–H and O–H groups in total. The highest BCUT2D eigenvalue weighted by Crippen LogP contribution is 2.26. The van der Waals surface area contributed by atoms with Crippen molar-refractivity contribution < 1.29 is 0 Å². The number of nitrogens with zero attached hydrogens (tertiary/aromatic N) is 4. The van der Waals surface area contributed by atoms with E-state index in [1.807, 2.05) is 71.6 Å². The van der Waals surface area contributed by atoms with Gasteiger partial charge in [0.05, 0.1) is 26.9 Å². The van der Waals surface area contributed by atoms with Crippen LogP contribution in [0.15, 0.2) is 89.9 Å². The molecule has 3 aromatic heterocycles. The van der Waals surface area contributed by atoms with Crippen LogP contribution in [-0.4, -0.2) is 19.2 Å². The molecule has 0 spiro atoms. The Morgan fingerprint density at radius 3 is 2.41 bits per heavy atom. The predicted molar refractivity (Wildman–Crippen MR) is 139 cm³/mol. The molecule has 3 aromatic carbocycles. The number of imidazole rings is 1. The SMILES string of the molecule is CC(C)c1ccc(-c2nn(-c3ccccc3)cc2/C=c2/sc3nc4ccccc4n3c2=O)cc1. The van der Waals surface area contributed by atoms with E-state index in [-0.39, 0.29) is 5.56 Å². The molecule has 166 valence electrons. The Labute approximate surface area is 200 Å². The fourth-order valence-electron chi connectivity index (χ4n) is 4.21. The van der Waals surface area contributed by atoms with Gasteiger partial charge in [-0.25, -0.2) is 14.1 Å². The molecule has 6 aromatic rings. The topological polar surface area (TPSA) is 52.2 Å². The lowest BCUT2D eigenvalue weighted by Crippen LogP contribution is -2.22. The molecule has 5 nitrogen and oxygen atoms in total. The molecule has 0 radical (unpaired) electrons. The second kappa shape index (κ2) is 8.08. The number of hydrogen-bond acceptors (Lipinski definition) is 4. The van der Waals surface area contributed by atoms with Gasteiger partial charge in [0.15, 0.2) is 4.96 Å². The molecule has 0 aliphatic carbocycles. The molecule has 0 saturated heterocycles. The number of rotatable bonds is 4. The van der Waals surface area contributed by atoms with Crippen molar-refractivity contribution in [1.29, 1.82) is 0 Å². The second-order valence-electron chi connectivity index (χ2n) is 8.62. The Morgan fingerprint density at radius 1 is 0.912 bits per heavy atom. The van der Waals surface area contributed by atoms with Crippen molar-refractivity contribution in [2.75, 3.05) is 0 Å². The Bertz CT molecular complexity index is 1740. The molecule has 34 heavy (non-hydrogen) atoms. The Kier molecular flexibility index (Phi) is 4.89. The minimum Gasteiger partial charge on any atom is -0.267 e. The molecule has 0 fully saturated rings. The van der Waals surface area contributed by atoms with E-state index in [1.54, 1.807) is 4.40 Å². The van der Waals surface area contributed by atoms with Gasteiger partial charge in [0.25, 0.3) is 5.56 Å². The fraction of sp³-hybridized carbons (Fsp3) is 0.107. The van der Waals surface area contributed by atoms with Gasteiger partial charge in [-0.05, 0) is 41.8 Å². The first-order chi connectivity index (χ1) is 16.6. The highest BCUT2D eigenvalue weighted by Gasteiger charge is 2.14. The number of hydrogen-bond donors (Lipinski definition) is 0. The molecular formula is C28H22N4OS. The average Bonchev–Trinajstić information content (AvgIpc) is 3.53. The third-order valence-corrected chi connectivity index (χ3v) is 7.01. The Hall–Kier alpha value is -4.03. The van der Waals surface area contributed by atoms with Crippen molar-refractivity contribution in [2.45, 2.75) is 19.8 Å². The Balaban J connectivity index is 1.55. The molecule has 6 heteroatoms. The lowest BCUT2D eigenvalue weighted by Gasteiger charge is -2.06. The van der Waals surface area contributed by atoms with E-state index in [4.69, 9.17) is 5.10 Å². The number of para-hydroxylation sites is 3. The van der Waals surface area contributed by atoms with E-state index in [2.05, 4.69) is 43.1 Å². The van der Waals surface area contributed by atoms with E-state index >= 15 is 0 Å². The van der Waals surface area contributed by atoms with Gasteiger partial charge < -0.3 is 0 Å². The minimum atomic E-state index is -0.0535. The molecular weight excluding hydrogens is 440 g/mol. The summed E-state index contributed by atoms with van der Waals surface area (Å²) in [6.45, 7) is 4.37. The van der Waals surface area contributed by atoms with Gasteiger partial charge in [0, 0.05) is 17.3 Å². The summed E-state index contributed by atoms with van der Waals surface area (Å²) in [5, 5.41) is 4.91. The van der Waals surface area contributed by atoms with E-state index in [0.717, 1.165) is 33.5 Å². The molecule has 3 heterocycles. The summed E-state index contributed by atoms with van der Waals surface area (Å²) < 4.78 is 4.21. The van der Waals surface area contributed by atoms with Crippen LogP contribution >= 0.6 is 11.3 Å². The second-order valence-corrected chi connectivity index (χ2v) is 9.63. The van der Waals surface area contributed by atoms with Gasteiger partial charge in [0.1, 0.15) is 0 Å². The zero-order valence-electron chi connectivity index (χ0n) is 18.8. The first-order valence-corrected chi connectivity index (χ1v) is 12.1. The van der Waals surface area contributed by atoms with Gasteiger partial charge in [-0.2, -0.15) is 5.10 Å². The highest BCUT2D eigenvalue weighted by molar-refractivity contribution is 7.15. The summed E-state index contributed by atoms with van der Waals surface area (Å²) >= 11 is 1.41. The highest BCUT2D eigenvalue weighted by atomic mass is 32.1. The van der Waals surface area contributed by atoms with Crippen LogP contribution in [0.1, 0.15) is 30.9 Å². The van der Waals surface area contributed by atoms with Gasteiger partial charge >= 0.3 is 0 Å². The van der Waals surface area contributed by atoms with Crippen LogP contribution in [0.2, 0.25) is 0 Å². The third-order valence-electron chi connectivity index (χ3n) is 6.05. The fourth-order valence-corrected chi connectivity index (χ4v) is 5.19. The molecule has 0 bridgehead atoms. The monoisotopic (exact) mass is 462 g/mol. The standard InChI is InChI=1S/C28H22N4OS/c1-18(2)19-12-14-20(15-13-19)26-21(17-31(30-26)22-8-4-3-5-9-22)16-25-27(33)32-24-11-7-6-10-23(24)29-28(32)34-25/h3-18H,1-2H3/b25-16+. The van der Waals surface area contributed by atoms with Crippen molar-refractivity contribution in [2.24, 2.45) is 0 Å². The molecule has 0 amide bonds. The number of fused-ring (bicyclic) bond motifs is 3. The number of aromatic nitrogens is 4. The van der Waals surface area contributed by atoms with E-state index in [9.17, 15) is 4.79 Å². The third kappa shape index (κ3) is 3.43. The number of benzene rings is 3. The van der Waals surface area contributed by atoms with Crippen LogP contribution in [0.4, 0.5) is 0 Å². The maximum Gasteiger partial charge on any atom is 0.274 e. The van der Waals surface area contributed by atoms with Gasteiger partial charge in [-0.1, -0.05) is 79.8 Å². The van der Waals surface area contributed by atoms with Crippen LogP contribution in [0, 0.1) is 0 Å². The smallest absolute Gasteiger partial charge is 0.267 e. The molecule has 0 atom stereocenters. The van der Waals surface area contributed by atoms with Crippen molar-refractivity contribution in [3.05, 3.63) is 111 Å². The maximum atomic E-state index is 13.3. The summed E-state index contributed by atoms with van der Waals surface area (Å²) in [4.78, 5) is 18.7. The van der Waals surface area contributed by atoms with Gasteiger partial charge in [-0.15, -0.1) is 0 Å². The quantitative estimate of drug-likeness (QED) is 0.351. The molecule has 0 aliphatic heterocycles. The van der Waals surface area contributed by atoms with Crippen LogP contribution < -0.4 is 10.1 Å². The van der Waals surface area contributed by atoms with E-state index < -0.39 is 0 Å². The van der Waals surface area contributed by atoms with Crippen LogP contribution in [0.25, 0.3) is 39.0 Å². The van der Waals surface area contributed by atoms with E-state index in [1.165, 1.54) is 16.9 Å². The van der Waals surface area contributed by atoms with Crippen molar-refractivity contribution in [3.63, 3.8) is 0 Å².